The summed E-state index contributed by atoms with van der Waals surface area (Å²) in [6.07, 6.45) is 3.28. The maximum atomic E-state index is 12.7. The first-order chi connectivity index (χ1) is 12.1. The van der Waals surface area contributed by atoms with Gasteiger partial charge in [0.1, 0.15) is 11.4 Å². The normalized spacial score (nSPS) is 11.8. The molecule has 0 saturated heterocycles. The van der Waals surface area contributed by atoms with Crippen molar-refractivity contribution in [1.82, 2.24) is 14.8 Å². The number of hydrogen-bond acceptors (Lipinski definition) is 4. The Bertz CT molecular complexity index is 860. The lowest BCUT2D eigenvalue weighted by Crippen LogP contribution is -2.19. The lowest BCUT2D eigenvalue weighted by atomic mass is 10.0. The predicted octanol–water partition coefficient (Wildman–Crippen LogP) is 3.66. The lowest BCUT2D eigenvalue weighted by molar-refractivity contribution is -0.117. The Labute approximate surface area is 146 Å². The first-order valence-electron chi connectivity index (χ1n) is 8.03. The largest absolute Gasteiger partial charge is 0.436 e. The van der Waals surface area contributed by atoms with Gasteiger partial charge in [0, 0.05) is 13.2 Å². The van der Waals surface area contributed by atoms with Crippen molar-refractivity contribution in [2.75, 3.05) is 5.32 Å². The molecule has 0 bridgehead atoms. The van der Waals surface area contributed by atoms with E-state index < -0.39 is 0 Å². The zero-order valence-electron chi connectivity index (χ0n) is 14.4. The SMILES string of the molecule is Cc1nn(C)c(Oc2cccnc2)c1NC(=O)C(C)c1ccccc1. The van der Waals surface area contributed by atoms with E-state index in [1.807, 2.05) is 44.2 Å². The van der Waals surface area contributed by atoms with Crippen LogP contribution in [0.2, 0.25) is 0 Å². The number of aryl methyl sites for hydroxylation is 2. The van der Waals surface area contributed by atoms with E-state index in [0.29, 0.717) is 23.0 Å². The van der Waals surface area contributed by atoms with Crippen LogP contribution in [-0.4, -0.2) is 20.7 Å². The number of hydrogen-bond donors (Lipinski definition) is 1. The van der Waals surface area contributed by atoms with Crippen LogP contribution in [0.4, 0.5) is 5.69 Å². The summed E-state index contributed by atoms with van der Waals surface area (Å²) in [5.74, 6) is 0.654. The minimum atomic E-state index is -0.285. The van der Waals surface area contributed by atoms with E-state index in [1.165, 1.54) is 0 Å². The van der Waals surface area contributed by atoms with Gasteiger partial charge >= 0.3 is 0 Å². The van der Waals surface area contributed by atoms with Gasteiger partial charge in [0.2, 0.25) is 11.8 Å². The highest BCUT2D eigenvalue weighted by Crippen LogP contribution is 2.32. The maximum absolute atomic E-state index is 12.7. The maximum Gasteiger partial charge on any atom is 0.241 e. The molecule has 0 aliphatic rings. The topological polar surface area (TPSA) is 69.0 Å². The summed E-state index contributed by atoms with van der Waals surface area (Å²) >= 11 is 0. The number of nitrogens with zero attached hydrogens (tertiary/aromatic N) is 3. The van der Waals surface area contributed by atoms with Crippen LogP contribution in [0, 0.1) is 6.92 Å². The zero-order valence-corrected chi connectivity index (χ0v) is 14.4. The summed E-state index contributed by atoms with van der Waals surface area (Å²) in [5, 5.41) is 7.30. The fourth-order valence-electron chi connectivity index (χ4n) is 2.54. The van der Waals surface area contributed by atoms with E-state index in [0.717, 1.165) is 5.56 Å². The fourth-order valence-corrected chi connectivity index (χ4v) is 2.54. The number of rotatable bonds is 5. The third-order valence-corrected chi connectivity index (χ3v) is 3.96. The number of carbonyl (C=O) groups is 1. The molecule has 0 aliphatic heterocycles. The van der Waals surface area contributed by atoms with Crippen molar-refractivity contribution in [3.8, 4) is 11.6 Å². The van der Waals surface area contributed by atoms with Crippen molar-refractivity contribution in [2.24, 2.45) is 7.05 Å². The standard InChI is InChI=1S/C19H20N4O2/c1-13(15-8-5-4-6-9-15)18(24)21-17-14(2)22-23(3)19(17)25-16-10-7-11-20-12-16/h4-13H,1-3H3,(H,21,24). The van der Waals surface area contributed by atoms with Gasteiger partial charge in [0.05, 0.1) is 17.8 Å². The van der Waals surface area contributed by atoms with Gasteiger partial charge in [-0.05, 0) is 31.5 Å². The Morgan fingerprint density at radius 3 is 2.64 bits per heavy atom. The Kier molecular flexibility index (Phi) is 4.79. The molecule has 1 N–H and O–H groups in total. The van der Waals surface area contributed by atoms with Gasteiger partial charge in [0.25, 0.3) is 0 Å². The van der Waals surface area contributed by atoms with Crippen LogP contribution in [0.3, 0.4) is 0 Å². The van der Waals surface area contributed by atoms with Crippen LogP contribution in [0.5, 0.6) is 11.6 Å². The zero-order chi connectivity index (χ0) is 17.8. The monoisotopic (exact) mass is 336 g/mol. The molecule has 2 aromatic heterocycles. The third kappa shape index (κ3) is 3.68. The number of anilines is 1. The van der Waals surface area contributed by atoms with Crippen molar-refractivity contribution >= 4 is 11.6 Å². The fraction of sp³-hybridized carbons (Fsp3) is 0.211. The minimum absolute atomic E-state index is 0.113. The number of amides is 1. The Balaban J connectivity index is 1.84. The molecule has 0 radical (unpaired) electrons. The van der Waals surface area contributed by atoms with Gasteiger partial charge in [-0.2, -0.15) is 5.10 Å². The summed E-state index contributed by atoms with van der Waals surface area (Å²) in [4.78, 5) is 16.7. The highest BCUT2D eigenvalue weighted by atomic mass is 16.5. The molecule has 0 fully saturated rings. The average Bonchev–Trinajstić information content (AvgIpc) is 2.89. The lowest BCUT2D eigenvalue weighted by Gasteiger charge is -2.14. The summed E-state index contributed by atoms with van der Waals surface area (Å²) in [5.41, 5.74) is 2.21. The number of aromatic nitrogens is 3. The first-order valence-corrected chi connectivity index (χ1v) is 8.03. The molecule has 1 atom stereocenters. The molecule has 0 aliphatic carbocycles. The number of benzene rings is 1. The second-order valence-electron chi connectivity index (χ2n) is 5.80. The number of pyridine rings is 1. The molecule has 6 heteroatoms. The highest BCUT2D eigenvalue weighted by Gasteiger charge is 2.21. The molecular weight excluding hydrogens is 316 g/mol. The Morgan fingerprint density at radius 1 is 1.20 bits per heavy atom. The van der Waals surface area contributed by atoms with E-state index in [4.69, 9.17) is 4.74 Å². The van der Waals surface area contributed by atoms with Crippen molar-refractivity contribution in [3.05, 3.63) is 66.1 Å². The molecular formula is C19H20N4O2. The highest BCUT2D eigenvalue weighted by molar-refractivity contribution is 5.97. The van der Waals surface area contributed by atoms with Crippen LogP contribution >= 0.6 is 0 Å². The van der Waals surface area contributed by atoms with Crippen LogP contribution in [0.25, 0.3) is 0 Å². The van der Waals surface area contributed by atoms with E-state index >= 15 is 0 Å². The van der Waals surface area contributed by atoms with Gasteiger partial charge in [-0.25, -0.2) is 4.68 Å². The molecule has 128 valence electrons. The molecule has 1 amide bonds. The summed E-state index contributed by atoms with van der Waals surface area (Å²) in [6.45, 7) is 3.71. The molecule has 3 aromatic rings. The van der Waals surface area contributed by atoms with E-state index in [-0.39, 0.29) is 11.8 Å². The molecule has 3 rings (SSSR count). The van der Waals surface area contributed by atoms with Gasteiger partial charge in [-0.3, -0.25) is 9.78 Å². The quantitative estimate of drug-likeness (QED) is 0.772. The average molecular weight is 336 g/mol. The van der Waals surface area contributed by atoms with Crippen LogP contribution in [0.1, 0.15) is 24.1 Å². The molecule has 1 unspecified atom stereocenters. The number of nitrogens with one attached hydrogen (secondary N) is 1. The van der Waals surface area contributed by atoms with E-state index in [9.17, 15) is 4.79 Å². The van der Waals surface area contributed by atoms with Crippen LogP contribution in [-0.2, 0) is 11.8 Å². The Morgan fingerprint density at radius 2 is 1.96 bits per heavy atom. The van der Waals surface area contributed by atoms with Crippen molar-refractivity contribution < 1.29 is 9.53 Å². The number of ether oxygens (including phenoxy) is 1. The van der Waals surface area contributed by atoms with E-state index in [2.05, 4.69) is 15.4 Å². The van der Waals surface area contributed by atoms with Crippen molar-refractivity contribution in [1.29, 1.82) is 0 Å². The van der Waals surface area contributed by atoms with Crippen molar-refractivity contribution in [2.45, 2.75) is 19.8 Å². The molecule has 2 heterocycles. The van der Waals surface area contributed by atoms with Gasteiger partial charge in [-0.15, -0.1) is 0 Å². The minimum Gasteiger partial charge on any atom is -0.436 e. The predicted molar refractivity (Wildman–Crippen MR) is 95.7 cm³/mol. The third-order valence-electron chi connectivity index (χ3n) is 3.96. The smallest absolute Gasteiger partial charge is 0.241 e. The van der Waals surface area contributed by atoms with Crippen LogP contribution in [0.15, 0.2) is 54.9 Å². The summed E-state index contributed by atoms with van der Waals surface area (Å²) in [6, 6.07) is 13.2. The number of carbonyl (C=O) groups excluding carboxylic acids is 1. The molecule has 0 spiro atoms. The van der Waals surface area contributed by atoms with Crippen LogP contribution < -0.4 is 10.1 Å². The van der Waals surface area contributed by atoms with E-state index in [1.54, 1.807) is 36.3 Å². The van der Waals surface area contributed by atoms with Gasteiger partial charge in [-0.1, -0.05) is 30.3 Å². The Hall–Kier alpha value is -3.15. The second-order valence-corrected chi connectivity index (χ2v) is 5.80. The van der Waals surface area contributed by atoms with Crippen molar-refractivity contribution in [3.63, 3.8) is 0 Å². The molecule has 6 nitrogen and oxygen atoms in total. The summed E-state index contributed by atoms with van der Waals surface area (Å²) in [7, 11) is 1.77. The second kappa shape index (κ2) is 7.17. The summed E-state index contributed by atoms with van der Waals surface area (Å²) < 4.78 is 7.47. The van der Waals surface area contributed by atoms with Gasteiger partial charge < -0.3 is 10.1 Å². The molecule has 0 saturated carbocycles. The molecule has 1 aromatic carbocycles. The van der Waals surface area contributed by atoms with Gasteiger partial charge in [0.15, 0.2) is 0 Å². The first kappa shape index (κ1) is 16.7. The molecule has 25 heavy (non-hydrogen) atoms.